The molecule has 0 saturated carbocycles. The zero-order valence-corrected chi connectivity index (χ0v) is 23.7. The second-order valence-electron chi connectivity index (χ2n) is 11.2. The number of nitrogens with zero attached hydrogens (tertiary/aromatic N) is 5. The number of amides is 1. The number of aromatic nitrogens is 3. The van der Waals surface area contributed by atoms with E-state index >= 15 is 0 Å². The lowest BCUT2D eigenvalue weighted by atomic mass is 10.0. The highest BCUT2D eigenvalue weighted by molar-refractivity contribution is 5.78. The Kier molecular flexibility index (Phi) is 8.11. The van der Waals surface area contributed by atoms with E-state index in [4.69, 9.17) is 14.2 Å². The molecule has 1 saturated heterocycles. The van der Waals surface area contributed by atoms with Crippen LogP contribution in [0.5, 0.6) is 11.5 Å². The minimum absolute atomic E-state index is 0.00349. The summed E-state index contributed by atoms with van der Waals surface area (Å²) < 4.78 is 18.9. The van der Waals surface area contributed by atoms with Crippen LogP contribution in [0.4, 0.5) is 10.5 Å². The summed E-state index contributed by atoms with van der Waals surface area (Å²) in [5.41, 5.74) is 2.55. The lowest BCUT2D eigenvalue weighted by molar-refractivity contribution is 0.00529. The summed E-state index contributed by atoms with van der Waals surface area (Å²) in [4.78, 5) is 39.2. The van der Waals surface area contributed by atoms with Crippen molar-refractivity contribution in [2.24, 2.45) is 0 Å². The summed E-state index contributed by atoms with van der Waals surface area (Å²) in [5, 5.41) is 3.09. The predicted octanol–water partition coefficient (Wildman–Crippen LogP) is 3.51. The van der Waals surface area contributed by atoms with Crippen molar-refractivity contribution in [3.63, 3.8) is 0 Å². The van der Waals surface area contributed by atoms with E-state index in [0.717, 1.165) is 54.9 Å². The molecule has 0 unspecified atom stereocenters. The van der Waals surface area contributed by atoms with Crippen LogP contribution in [0.25, 0.3) is 11.0 Å². The Balaban J connectivity index is 1.26. The van der Waals surface area contributed by atoms with Crippen molar-refractivity contribution < 1.29 is 19.0 Å². The Bertz CT molecular complexity index is 1410. The fourth-order valence-corrected chi connectivity index (χ4v) is 5.14. The maximum Gasteiger partial charge on any atom is 0.410 e. The molecule has 11 heteroatoms. The molecule has 5 rings (SSSR count). The summed E-state index contributed by atoms with van der Waals surface area (Å²) in [7, 11) is 1.84. The van der Waals surface area contributed by atoms with Gasteiger partial charge in [0.15, 0.2) is 11.5 Å². The van der Waals surface area contributed by atoms with Crippen molar-refractivity contribution in [3.05, 3.63) is 52.7 Å². The average Bonchev–Trinajstić information content (AvgIpc) is 2.94. The van der Waals surface area contributed by atoms with E-state index < -0.39 is 5.60 Å². The lowest BCUT2D eigenvalue weighted by Gasteiger charge is -2.39. The molecule has 0 aliphatic carbocycles. The normalized spacial score (nSPS) is 16.1. The second-order valence-corrected chi connectivity index (χ2v) is 11.2. The molecule has 0 aromatic carbocycles. The number of fused-ring (bicyclic) bond motifs is 2. The maximum absolute atomic E-state index is 13.3. The average molecular weight is 551 g/mol. The minimum atomic E-state index is -0.607. The van der Waals surface area contributed by atoms with E-state index in [0.29, 0.717) is 37.8 Å². The molecule has 1 fully saturated rings. The van der Waals surface area contributed by atoms with Crippen LogP contribution < -0.4 is 20.3 Å². The van der Waals surface area contributed by atoms with Gasteiger partial charge >= 0.3 is 6.09 Å². The summed E-state index contributed by atoms with van der Waals surface area (Å²) in [6.07, 6.45) is 4.65. The molecule has 2 aliphatic heterocycles. The van der Waals surface area contributed by atoms with E-state index in [1.54, 1.807) is 34.0 Å². The van der Waals surface area contributed by atoms with Crippen LogP contribution in [-0.2, 0) is 17.8 Å². The number of hydrogen-bond donors (Lipinski definition) is 1. The lowest BCUT2D eigenvalue weighted by Crippen LogP contribution is -2.49. The number of pyridine rings is 3. The van der Waals surface area contributed by atoms with Crippen molar-refractivity contribution in [1.29, 1.82) is 0 Å². The van der Waals surface area contributed by atoms with Gasteiger partial charge in [-0.15, -0.1) is 0 Å². The van der Waals surface area contributed by atoms with Gasteiger partial charge < -0.3 is 29.0 Å². The van der Waals surface area contributed by atoms with Gasteiger partial charge in [0.05, 0.1) is 41.4 Å². The van der Waals surface area contributed by atoms with Gasteiger partial charge in [0.25, 0.3) is 5.56 Å². The third-order valence-corrected chi connectivity index (χ3v) is 7.21. The van der Waals surface area contributed by atoms with Crippen molar-refractivity contribution in [1.82, 2.24) is 24.3 Å². The topological polar surface area (TPSA) is 111 Å². The largest absolute Gasteiger partial charge is 0.486 e. The number of likely N-dealkylation sites (tertiary alicyclic amines) is 1. The number of carbonyl (C=O) groups is 1. The monoisotopic (exact) mass is 550 g/mol. The predicted molar refractivity (Wildman–Crippen MR) is 152 cm³/mol. The van der Waals surface area contributed by atoms with E-state index in [-0.39, 0.29) is 17.7 Å². The van der Waals surface area contributed by atoms with Crippen LogP contribution in [-0.4, -0.2) is 82.0 Å². The molecular formula is C29H38N6O5. The zero-order valence-electron chi connectivity index (χ0n) is 23.7. The Morgan fingerprint density at radius 2 is 1.82 bits per heavy atom. The van der Waals surface area contributed by atoms with Crippen LogP contribution >= 0.6 is 0 Å². The molecule has 0 bridgehead atoms. The minimum Gasteiger partial charge on any atom is -0.486 e. The van der Waals surface area contributed by atoms with Crippen molar-refractivity contribution in [2.45, 2.75) is 58.3 Å². The molecule has 40 heavy (non-hydrogen) atoms. The molecule has 3 aromatic rings. The van der Waals surface area contributed by atoms with Gasteiger partial charge in [-0.3, -0.25) is 19.7 Å². The number of hydrogen-bond acceptors (Lipinski definition) is 9. The SMILES string of the molecule is CNc1cnc2ccc(=O)n(CCN3CCC(N(Cc4cc5c(cn4)OCCO5)C(=O)OC(C)(C)C)CC3)c2c1. The van der Waals surface area contributed by atoms with Crippen molar-refractivity contribution in [3.8, 4) is 11.5 Å². The summed E-state index contributed by atoms with van der Waals surface area (Å²) >= 11 is 0. The van der Waals surface area contributed by atoms with Gasteiger partial charge in [0.2, 0.25) is 0 Å². The smallest absolute Gasteiger partial charge is 0.410 e. The number of piperidine rings is 1. The zero-order chi connectivity index (χ0) is 28.3. The fraction of sp³-hybridized carbons (Fsp3) is 0.517. The van der Waals surface area contributed by atoms with E-state index in [1.165, 1.54) is 0 Å². The summed E-state index contributed by atoms with van der Waals surface area (Å²) in [6, 6.07) is 7.15. The molecule has 1 amide bonds. The molecule has 0 spiro atoms. The number of nitrogens with one attached hydrogen (secondary N) is 1. The molecule has 0 atom stereocenters. The van der Waals surface area contributed by atoms with Crippen LogP contribution in [0.1, 0.15) is 39.3 Å². The van der Waals surface area contributed by atoms with Crippen molar-refractivity contribution >= 4 is 22.8 Å². The van der Waals surface area contributed by atoms with Gasteiger partial charge in [0.1, 0.15) is 18.8 Å². The number of carbonyl (C=O) groups excluding carboxylic acids is 1. The van der Waals surface area contributed by atoms with Crippen LogP contribution in [0.15, 0.2) is 41.5 Å². The van der Waals surface area contributed by atoms with Crippen LogP contribution in [0, 0.1) is 0 Å². The molecule has 214 valence electrons. The van der Waals surface area contributed by atoms with E-state index in [9.17, 15) is 9.59 Å². The fourth-order valence-electron chi connectivity index (χ4n) is 5.14. The number of anilines is 1. The van der Waals surface area contributed by atoms with E-state index in [1.807, 2.05) is 40.0 Å². The molecule has 11 nitrogen and oxygen atoms in total. The molecule has 3 aromatic heterocycles. The first-order valence-corrected chi connectivity index (χ1v) is 13.8. The highest BCUT2D eigenvalue weighted by Crippen LogP contribution is 2.30. The van der Waals surface area contributed by atoms with Crippen LogP contribution in [0.3, 0.4) is 0 Å². The Labute approximate surface area is 234 Å². The second kappa shape index (κ2) is 11.7. The number of ether oxygens (including phenoxy) is 3. The standard InChI is InChI=1S/C29H38N6O5/c1-29(2,3)40-28(37)35(19-21-16-25-26(18-31-21)39-14-13-38-25)22-7-9-33(10-8-22)11-12-34-24-15-20(30-4)17-32-23(24)5-6-27(34)36/h5-6,15-18,22,30H,7-14,19H2,1-4H3. The molecule has 0 radical (unpaired) electrons. The van der Waals surface area contributed by atoms with Gasteiger partial charge in [-0.05, 0) is 45.7 Å². The van der Waals surface area contributed by atoms with Gasteiger partial charge in [-0.2, -0.15) is 0 Å². The third-order valence-electron chi connectivity index (χ3n) is 7.21. The molecule has 5 heterocycles. The first-order valence-electron chi connectivity index (χ1n) is 13.8. The van der Waals surface area contributed by atoms with Crippen molar-refractivity contribution in [2.75, 3.05) is 45.2 Å². The van der Waals surface area contributed by atoms with Gasteiger partial charge in [-0.25, -0.2) is 4.79 Å². The van der Waals surface area contributed by atoms with Gasteiger partial charge in [-0.1, -0.05) is 0 Å². The molecule has 1 N–H and O–H groups in total. The third kappa shape index (κ3) is 6.47. The Morgan fingerprint density at radius 1 is 1.07 bits per heavy atom. The maximum atomic E-state index is 13.3. The summed E-state index contributed by atoms with van der Waals surface area (Å²) in [5.74, 6) is 1.27. The molecule has 2 aliphatic rings. The Hall–Kier alpha value is -3.86. The Morgan fingerprint density at radius 3 is 2.55 bits per heavy atom. The first kappa shape index (κ1) is 27.7. The highest BCUT2D eigenvalue weighted by atomic mass is 16.6. The first-order chi connectivity index (χ1) is 19.2. The number of rotatable bonds is 7. The quantitative estimate of drug-likeness (QED) is 0.472. The van der Waals surface area contributed by atoms with Gasteiger partial charge in [0, 0.05) is 51.4 Å². The molecular weight excluding hydrogens is 512 g/mol. The van der Waals surface area contributed by atoms with E-state index in [2.05, 4.69) is 20.2 Å². The summed E-state index contributed by atoms with van der Waals surface area (Å²) in [6.45, 7) is 9.83. The van der Waals surface area contributed by atoms with Crippen LogP contribution in [0.2, 0.25) is 0 Å². The highest BCUT2D eigenvalue weighted by Gasteiger charge is 2.32.